The van der Waals surface area contributed by atoms with E-state index in [1.54, 1.807) is 35.0 Å². The molecule has 1 fully saturated rings. The number of anilines is 1. The summed E-state index contributed by atoms with van der Waals surface area (Å²) >= 11 is 6.04. The maximum atomic E-state index is 12.8. The van der Waals surface area contributed by atoms with Gasteiger partial charge >= 0.3 is 0 Å². The number of carbonyl (C=O) groups is 2. The lowest BCUT2D eigenvalue weighted by molar-refractivity contribution is -0.119. The number of hydrogen-bond donors (Lipinski definition) is 1. The van der Waals surface area contributed by atoms with Crippen molar-refractivity contribution in [2.45, 2.75) is 12.8 Å². The maximum absolute atomic E-state index is 12.8. The molecule has 2 amide bonds. The molecule has 0 unspecified atom stereocenters. The van der Waals surface area contributed by atoms with Crippen molar-refractivity contribution in [3.63, 3.8) is 0 Å². The van der Waals surface area contributed by atoms with Crippen LogP contribution in [-0.2, 0) is 4.79 Å². The van der Waals surface area contributed by atoms with E-state index >= 15 is 0 Å². The first-order valence-corrected chi connectivity index (χ1v) is 8.00. The van der Waals surface area contributed by atoms with Crippen LogP contribution in [0.25, 0.3) is 0 Å². The molecule has 0 saturated carbocycles. The lowest BCUT2D eigenvalue weighted by Gasteiger charge is -2.29. The largest absolute Gasteiger partial charge is 0.329 e. The predicted octanol–water partition coefficient (Wildman–Crippen LogP) is 2.18. The van der Waals surface area contributed by atoms with Crippen LogP contribution < -0.4 is 10.2 Å². The lowest BCUT2D eigenvalue weighted by Crippen LogP contribution is -2.42. The first-order valence-electron chi connectivity index (χ1n) is 7.62. The second-order valence-electron chi connectivity index (χ2n) is 5.99. The van der Waals surface area contributed by atoms with E-state index in [9.17, 15) is 9.59 Å². The zero-order chi connectivity index (χ0) is 15.7. The molecule has 7 heteroatoms. The molecule has 1 saturated heterocycles. The number of fused-ring (bicyclic) bond motifs is 1. The van der Waals surface area contributed by atoms with Crippen LogP contribution in [0.2, 0.25) is 5.02 Å². The topological polar surface area (TPSA) is 52.7 Å². The number of nitrogens with zero attached hydrogens (tertiary/aromatic N) is 2. The fourth-order valence-corrected chi connectivity index (χ4v) is 3.31. The molecule has 1 aromatic carbocycles. The molecular weight excluding hydrogens is 337 g/mol. The number of hydrogen-bond acceptors (Lipinski definition) is 3. The van der Waals surface area contributed by atoms with Gasteiger partial charge in [-0.25, -0.2) is 0 Å². The quantitative estimate of drug-likeness (QED) is 0.882. The summed E-state index contributed by atoms with van der Waals surface area (Å²) in [5.41, 5.74) is 1.14. The minimum absolute atomic E-state index is 0. The van der Waals surface area contributed by atoms with Gasteiger partial charge in [0.2, 0.25) is 5.91 Å². The Labute approximate surface area is 147 Å². The Balaban J connectivity index is 0.00000192. The highest BCUT2D eigenvalue weighted by Gasteiger charge is 2.31. The fourth-order valence-electron chi connectivity index (χ4n) is 3.14. The van der Waals surface area contributed by atoms with Crippen molar-refractivity contribution in [3.8, 4) is 0 Å². The summed E-state index contributed by atoms with van der Waals surface area (Å²) in [6.45, 7) is 2.71. The van der Waals surface area contributed by atoms with E-state index in [2.05, 4.69) is 5.32 Å². The Kier molecular flexibility index (Phi) is 5.89. The van der Waals surface area contributed by atoms with Gasteiger partial charge in [-0.3, -0.25) is 9.59 Å². The Morgan fingerprint density at radius 2 is 1.96 bits per heavy atom. The summed E-state index contributed by atoms with van der Waals surface area (Å²) in [6, 6.07) is 5.10. The summed E-state index contributed by atoms with van der Waals surface area (Å²) in [7, 11) is 1.70. The van der Waals surface area contributed by atoms with Gasteiger partial charge in [0, 0.05) is 18.6 Å². The van der Waals surface area contributed by atoms with Crippen molar-refractivity contribution >= 4 is 41.5 Å². The summed E-state index contributed by atoms with van der Waals surface area (Å²) in [5.74, 6) is 0.279. The zero-order valence-corrected chi connectivity index (χ0v) is 14.6. The Morgan fingerprint density at radius 1 is 1.26 bits per heavy atom. The molecule has 0 bridgehead atoms. The molecule has 23 heavy (non-hydrogen) atoms. The van der Waals surface area contributed by atoms with E-state index in [1.807, 2.05) is 0 Å². The Bertz CT molecular complexity index is 603. The van der Waals surface area contributed by atoms with Gasteiger partial charge in [0.15, 0.2) is 0 Å². The normalized spacial score (nSPS) is 19.2. The Morgan fingerprint density at radius 3 is 2.65 bits per heavy atom. The van der Waals surface area contributed by atoms with Crippen LogP contribution in [0.15, 0.2) is 18.2 Å². The van der Waals surface area contributed by atoms with Crippen LogP contribution in [0.3, 0.4) is 0 Å². The molecule has 0 spiro atoms. The van der Waals surface area contributed by atoms with E-state index in [0.29, 0.717) is 28.7 Å². The molecule has 2 heterocycles. The first-order chi connectivity index (χ1) is 10.6. The van der Waals surface area contributed by atoms with Crippen LogP contribution in [0.1, 0.15) is 23.2 Å². The molecule has 1 N–H and O–H groups in total. The average Bonchev–Trinajstić information content (AvgIpc) is 2.60. The fraction of sp³-hybridized carbons (Fsp3) is 0.500. The highest BCUT2D eigenvalue weighted by molar-refractivity contribution is 6.31. The van der Waals surface area contributed by atoms with Crippen molar-refractivity contribution in [1.82, 2.24) is 10.2 Å². The molecule has 0 radical (unpaired) electrons. The van der Waals surface area contributed by atoms with Crippen molar-refractivity contribution < 1.29 is 9.59 Å². The van der Waals surface area contributed by atoms with Crippen molar-refractivity contribution in [2.75, 3.05) is 38.1 Å². The standard InChI is InChI=1S/C16H20ClN3O2.ClH/c1-19-14-3-2-12(17)8-13(14)16(22)20(10-15(19)21)9-11-4-6-18-7-5-11;/h2-3,8,11,18H,4-7,9-10H2,1H3;1H. The highest BCUT2D eigenvalue weighted by Crippen LogP contribution is 2.28. The molecule has 0 aromatic heterocycles. The van der Waals surface area contributed by atoms with Gasteiger partial charge in [-0.05, 0) is 50.0 Å². The molecule has 1 aromatic rings. The maximum Gasteiger partial charge on any atom is 0.256 e. The monoisotopic (exact) mass is 357 g/mol. The van der Waals surface area contributed by atoms with Crippen LogP contribution in [0.4, 0.5) is 5.69 Å². The van der Waals surface area contributed by atoms with Crippen LogP contribution in [0, 0.1) is 5.92 Å². The number of amides is 2. The average molecular weight is 358 g/mol. The summed E-state index contributed by atoms with van der Waals surface area (Å²) < 4.78 is 0. The van der Waals surface area contributed by atoms with Crippen molar-refractivity contribution in [1.29, 1.82) is 0 Å². The van der Waals surface area contributed by atoms with Gasteiger partial charge in [-0.15, -0.1) is 12.4 Å². The number of carbonyl (C=O) groups excluding carboxylic acids is 2. The number of nitrogens with one attached hydrogen (secondary N) is 1. The first kappa shape index (κ1) is 18.0. The molecule has 126 valence electrons. The number of rotatable bonds is 2. The van der Waals surface area contributed by atoms with Crippen molar-refractivity contribution in [2.24, 2.45) is 5.92 Å². The minimum Gasteiger partial charge on any atom is -0.329 e. The van der Waals surface area contributed by atoms with E-state index < -0.39 is 0 Å². The molecule has 2 aliphatic heterocycles. The van der Waals surface area contributed by atoms with Crippen LogP contribution in [0.5, 0.6) is 0 Å². The summed E-state index contributed by atoms with van der Waals surface area (Å²) in [6.07, 6.45) is 2.08. The van der Waals surface area contributed by atoms with E-state index in [1.165, 1.54) is 0 Å². The molecule has 3 rings (SSSR count). The number of halogens is 2. The van der Waals surface area contributed by atoms with Gasteiger partial charge in [-0.1, -0.05) is 11.6 Å². The van der Waals surface area contributed by atoms with Gasteiger partial charge in [0.05, 0.1) is 11.3 Å². The highest BCUT2D eigenvalue weighted by atomic mass is 35.5. The zero-order valence-electron chi connectivity index (χ0n) is 13.0. The van der Waals surface area contributed by atoms with E-state index in [4.69, 9.17) is 11.6 Å². The molecule has 5 nitrogen and oxygen atoms in total. The summed E-state index contributed by atoms with van der Waals surface area (Å²) in [4.78, 5) is 28.4. The molecular formula is C16H21Cl2N3O2. The van der Waals surface area contributed by atoms with Crippen LogP contribution in [-0.4, -0.2) is 49.9 Å². The molecule has 2 aliphatic rings. The van der Waals surface area contributed by atoms with Gasteiger partial charge in [0.25, 0.3) is 5.91 Å². The smallest absolute Gasteiger partial charge is 0.256 e. The third kappa shape index (κ3) is 3.79. The van der Waals surface area contributed by atoms with E-state index in [0.717, 1.165) is 25.9 Å². The van der Waals surface area contributed by atoms with E-state index in [-0.39, 0.29) is 30.8 Å². The lowest BCUT2D eigenvalue weighted by atomic mass is 9.97. The third-order valence-electron chi connectivity index (χ3n) is 4.48. The minimum atomic E-state index is -0.103. The Hall–Kier alpha value is -1.30. The van der Waals surface area contributed by atoms with Crippen LogP contribution >= 0.6 is 24.0 Å². The molecule has 0 atom stereocenters. The number of piperidine rings is 1. The number of benzene rings is 1. The SMILES string of the molecule is CN1C(=O)CN(CC2CCNCC2)C(=O)c2cc(Cl)ccc21.Cl. The second kappa shape index (κ2) is 7.51. The van der Waals surface area contributed by atoms with Gasteiger partial charge in [0.1, 0.15) is 6.54 Å². The number of likely N-dealkylation sites (N-methyl/N-ethyl adjacent to an activating group) is 1. The third-order valence-corrected chi connectivity index (χ3v) is 4.71. The molecule has 0 aliphatic carbocycles. The summed E-state index contributed by atoms with van der Waals surface area (Å²) in [5, 5.41) is 3.83. The van der Waals surface area contributed by atoms with Gasteiger partial charge in [-0.2, -0.15) is 0 Å². The predicted molar refractivity (Wildman–Crippen MR) is 93.6 cm³/mol. The van der Waals surface area contributed by atoms with Gasteiger partial charge < -0.3 is 15.1 Å². The van der Waals surface area contributed by atoms with Crippen molar-refractivity contribution in [3.05, 3.63) is 28.8 Å². The second-order valence-corrected chi connectivity index (χ2v) is 6.43.